The van der Waals surface area contributed by atoms with Crippen LogP contribution in [0.15, 0.2) is 18.2 Å². The van der Waals surface area contributed by atoms with Gasteiger partial charge >= 0.3 is 12.2 Å². The van der Waals surface area contributed by atoms with E-state index in [1.165, 1.54) is 17.0 Å². The molecule has 0 atom stereocenters. The van der Waals surface area contributed by atoms with Gasteiger partial charge in [-0.1, -0.05) is 0 Å². The van der Waals surface area contributed by atoms with Gasteiger partial charge in [0.15, 0.2) is 0 Å². The lowest BCUT2D eigenvalue weighted by Gasteiger charge is -2.34. The number of anilines is 1. The van der Waals surface area contributed by atoms with E-state index in [2.05, 4.69) is 10.1 Å². The number of nitrogens with zero attached hydrogens (tertiary/aromatic N) is 2. The molecule has 0 bridgehead atoms. The van der Waals surface area contributed by atoms with Crippen molar-refractivity contribution in [2.45, 2.75) is 12.6 Å². The van der Waals surface area contributed by atoms with Crippen LogP contribution in [0.5, 0.6) is 0 Å². The second kappa shape index (κ2) is 9.69. The van der Waals surface area contributed by atoms with Gasteiger partial charge in [0, 0.05) is 44.9 Å². The van der Waals surface area contributed by atoms with Crippen molar-refractivity contribution in [3.8, 4) is 0 Å². The Kier molecular flexibility index (Phi) is 7.58. The summed E-state index contributed by atoms with van der Waals surface area (Å²) in [5.74, 6) is -1.53. The summed E-state index contributed by atoms with van der Waals surface area (Å²) in [5.41, 5.74) is 5.02. The van der Waals surface area contributed by atoms with Crippen LogP contribution in [0.25, 0.3) is 0 Å². The molecule has 0 saturated carbocycles. The minimum atomic E-state index is -4.32. The molecule has 28 heavy (non-hydrogen) atoms. The van der Waals surface area contributed by atoms with Gasteiger partial charge in [0.2, 0.25) is 5.91 Å². The molecule has 156 valence electrons. The van der Waals surface area contributed by atoms with Gasteiger partial charge in [-0.25, -0.2) is 9.18 Å². The van der Waals surface area contributed by atoms with Crippen molar-refractivity contribution in [2.75, 3.05) is 51.3 Å². The van der Waals surface area contributed by atoms with Gasteiger partial charge in [0.1, 0.15) is 12.4 Å². The third kappa shape index (κ3) is 6.97. The van der Waals surface area contributed by atoms with E-state index in [1.807, 2.05) is 4.90 Å². The highest BCUT2D eigenvalue weighted by Gasteiger charge is 2.27. The van der Waals surface area contributed by atoms with E-state index >= 15 is 0 Å². The average Bonchev–Trinajstić information content (AvgIpc) is 2.62. The highest BCUT2D eigenvalue weighted by atomic mass is 19.4. The zero-order valence-corrected chi connectivity index (χ0v) is 15.1. The molecule has 0 aromatic heterocycles. The molecular weight excluding hydrogens is 384 g/mol. The minimum Gasteiger partial charge on any atom is -0.372 e. The molecular formula is C17H22F4N4O3. The minimum absolute atomic E-state index is 0.00308. The second-order valence-corrected chi connectivity index (χ2v) is 6.34. The Labute approximate surface area is 159 Å². The fraction of sp³-hybridized carbons (Fsp3) is 0.529. The lowest BCUT2D eigenvalue weighted by atomic mass is 10.2. The number of piperazine rings is 1. The van der Waals surface area contributed by atoms with Crippen LogP contribution in [0.4, 0.5) is 28.0 Å². The molecule has 0 radical (unpaired) electrons. The van der Waals surface area contributed by atoms with Gasteiger partial charge in [-0.3, -0.25) is 9.69 Å². The molecule has 7 nitrogen and oxygen atoms in total. The fourth-order valence-corrected chi connectivity index (χ4v) is 2.72. The first kappa shape index (κ1) is 21.9. The highest BCUT2D eigenvalue weighted by Crippen LogP contribution is 2.17. The van der Waals surface area contributed by atoms with E-state index in [-0.39, 0.29) is 17.9 Å². The summed E-state index contributed by atoms with van der Waals surface area (Å²) >= 11 is 0. The van der Waals surface area contributed by atoms with Gasteiger partial charge in [-0.05, 0) is 24.6 Å². The smallest absolute Gasteiger partial charge is 0.372 e. The Balaban J connectivity index is 1.71. The lowest BCUT2D eigenvalue weighted by molar-refractivity contribution is -0.174. The van der Waals surface area contributed by atoms with Crippen LogP contribution in [-0.2, 0) is 4.74 Å². The van der Waals surface area contributed by atoms with Crippen LogP contribution in [-0.4, -0.2) is 73.9 Å². The number of hydrogen-bond donors (Lipinski definition) is 2. The summed E-state index contributed by atoms with van der Waals surface area (Å²) in [5, 5.41) is 2.45. The topological polar surface area (TPSA) is 87.9 Å². The fourth-order valence-electron chi connectivity index (χ4n) is 2.72. The number of ether oxygens (including phenoxy) is 1. The number of rotatable bonds is 7. The second-order valence-electron chi connectivity index (χ2n) is 6.34. The number of amides is 3. The van der Waals surface area contributed by atoms with Crippen molar-refractivity contribution in [3.63, 3.8) is 0 Å². The van der Waals surface area contributed by atoms with Crippen LogP contribution in [0.3, 0.4) is 0 Å². The van der Waals surface area contributed by atoms with Crippen LogP contribution >= 0.6 is 0 Å². The van der Waals surface area contributed by atoms with Gasteiger partial charge in [0.25, 0.3) is 0 Å². The van der Waals surface area contributed by atoms with Crippen LogP contribution in [0, 0.1) is 5.82 Å². The molecule has 1 heterocycles. The quantitative estimate of drug-likeness (QED) is 0.536. The molecule has 11 heteroatoms. The molecule has 1 fully saturated rings. The Morgan fingerprint density at radius 2 is 1.86 bits per heavy atom. The normalized spacial score (nSPS) is 15.5. The first-order chi connectivity index (χ1) is 13.2. The molecule has 3 amide bonds. The third-order valence-electron chi connectivity index (χ3n) is 4.18. The van der Waals surface area contributed by atoms with Crippen molar-refractivity contribution in [2.24, 2.45) is 5.73 Å². The van der Waals surface area contributed by atoms with E-state index in [0.717, 1.165) is 6.07 Å². The van der Waals surface area contributed by atoms with Gasteiger partial charge in [0.05, 0.1) is 5.69 Å². The number of nitrogens with two attached hydrogens (primary N) is 1. The maximum absolute atomic E-state index is 13.9. The van der Waals surface area contributed by atoms with Gasteiger partial charge in [-0.15, -0.1) is 0 Å². The standard InChI is InChI=1S/C17H22F4N4O3/c18-13-10-12(15(22)26)2-3-14(13)23-16(27)25-7-5-24(6-8-25)4-1-9-28-11-17(19,20)21/h2-3,10H,1,4-9,11H2,(H2,22,26)(H,23,27). The highest BCUT2D eigenvalue weighted by molar-refractivity contribution is 5.94. The number of halogens is 4. The molecule has 1 aliphatic heterocycles. The first-order valence-corrected chi connectivity index (χ1v) is 8.68. The monoisotopic (exact) mass is 406 g/mol. The van der Waals surface area contributed by atoms with E-state index in [9.17, 15) is 27.2 Å². The van der Waals surface area contributed by atoms with E-state index in [0.29, 0.717) is 39.1 Å². The van der Waals surface area contributed by atoms with Crippen LogP contribution < -0.4 is 11.1 Å². The number of carbonyl (C=O) groups excluding carboxylic acids is 2. The van der Waals surface area contributed by atoms with Gasteiger partial charge in [-0.2, -0.15) is 13.2 Å². The van der Waals surface area contributed by atoms with Gasteiger partial charge < -0.3 is 20.7 Å². The summed E-state index contributed by atoms with van der Waals surface area (Å²) in [6.07, 6.45) is -3.86. The van der Waals surface area contributed by atoms with Crippen molar-refractivity contribution in [1.29, 1.82) is 0 Å². The third-order valence-corrected chi connectivity index (χ3v) is 4.18. The number of urea groups is 1. The number of carbonyl (C=O) groups is 2. The summed E-state index contributed by atoms with van der Waals surface area (Å²) in [6.45, 7) is 1.23. The SMILES string of the molecule is NC(=O)c1ccc(NC(=O)N2CCN(CCCOCC(F)(F)F)CC2)c(F)c1. The average molecular weight is 406 g/mol. The number of hydrogen-bond acceptors (Lipinski definition) is 4. The van der Waals surface area contributed by atoms with Crippen molar-refractivity contribution >= 4 is 17.6 Å². The Hall–Kier alpha value is -2.40. The zero-order chi connectivity index (χ0) is 20.7. The van der Waals surface area contributed by atoms with Crippen molar-refractivity contribution in [1.82, 2.24) is 9.80 Å². The molecule has 3 N–H and O–H groups in total. The summed E-state index contributed by atoms with van der Waals surface area (Å²) in [6, 6.07) is 3.07. The largest absolute Gasteiger partial charge is 0.411 e. The van der Waals surface area contributed by atoms with Crippen LogP contribution in [0.1, 0.15) is 16.8 Å². The van der Waals surface area contributed by atoms with E-state index < -0.39 is 30.5 Å². The Morgan fingerprint density at radius 1 is 1.18 bits per heavy atom. The first-order valence-electron chi connectivity index (χ1n) is 8.68. The van der Waals surface area contributed by atoms with E-state index in [4.69, 9.17) is 5.73 Å². The molecule has 0 spiro atoms. The summed E-state index contributed by atoms with van der Waals surface area (Å²) in [7, 11) is 0. The predicted octanol–water partition coefficient (Wildman–Crippen LogP) is 2.04. The van der Waals surface area contributed by atoms with Crippen molar-refractivity contribution < 1.29 is 31.9 Å². The number of alkyl halides is 3. The maximum Gasteiger partial charge on any atom is 0.411 e. The molecule has 0 unspecified atom stereocenters. The zero-order valence-electron chi connectivity index (χ0n) is 15.1. The van der Waals surface area contributed by atoms with E-state index in [1.54, 1.807) is 0 Å². The van der Waals surface area contributed by atoms with Crippen molar-refractivity contribution in [3.05, 3.63) is 29.6 Å². The number of nitrogens with one attached hydrogen (secondary N) is 1. The Bertz CT molecular complexity index is 691. The predicted molar refractivity (Wildman–Crippen MR) is 93.4 cm³/mol. The molecule has 1 aliphatic rings. The Morgan fingerprint density at radius 3 is 2.43 bits per heavy atom. The molecule has 1 aromatic rings. The number of benzene rings is 1. The summed E-state index contributed by atoms with van der Waals surface area (Å²) < 4.78 is 54.4. The number of primary amides is 1. The maximum atomic E-state index is 13.9. The molecule has 2 rings (SSSR count). The molecule has 1 aromatic carbocycles. The van der Waals surface area contributed by atoms with Crippen LogP contribution in [0.2, 0.25) is 0 Å². The summed E-state index contributed by atoms with van der Waals surface area (Å²) in [4.78, 5) is 26.8. The lowest BCUT2D eigenvalue weighted by Crippen LogP contribution is -2.50. The molecule has 1 saturated heterocycles. The molecule has 0 aliphatic carbocycles.